The van der Waals surface area contributed by atoms with Gasteiger partial charge in [0, 0.05) is 11.6 Å². The maximum absolute atomic E-state index is 12.2. The van der Waals surface area contributed by atoms with Crippen LogP contribution in [0.1, 0.15) is 47.0 Å². The first-order chi connectivity index (χ1) is 9.19. The highest BCUT2D eigenvalue weighted by molar-refractivity contribution is 6.06. The molecule has 2 aliphatic rings. The van der Waals surface area contributed by atoms with E-state index < -0.39 is 12.1 Å². The average Bonchev–Trinajstić information content (AvgIpc) is 3.06. The van der Waals surface area contributed by atoms with E-state index in [4.69, 9.17) is 0 Å². The molecule has 0 radical (unpaired) electrons. The first kappa shape index (κ1) is 15.0. The fourth-order valence-electron chi connectivity index (χ4n) is 2.35. The van der Waals surface area contributed by atoms with E-state index in [1.807, 2.05) is 20.8 Å². The van der Waals surface area contributed by atoms with Crippen LogP contribution < -0.4 is 10.6 Å². The van der Waals surface area contributed by atoms with Crippen LogP contribution in [0.2, 0.25) is 0 Å². The molecule has 1 aliphatic carbocycles. The minimum absolute atomic E-state index is 0.0977. The number of amides is 3. The zero-order valence-corrected chi connectivity index (χ0v) is 12.5. The molecule has 0 aromatic carbocycles. The fraction of sp³-hybridized carbons (Fsp3) is 0.786. The molecule has 2 fully saturated rings. The van der Waals surface area contributed by atoms with E-state index >= 15 is 0 Å². The Balaban J connectivity index is 1.91. The largest absolute Gasteiger partial charge is 0.350 e. The molecule has 0 bridgehead atoms. The van der Waals surface area contributed by atoms with Gasteiger partial charge in [0.15, 0.2) is 0 Å². The van der Waals surface area contributed by atoms with Gasteiger partial charge in [0.2, 0.25) is 17.7 Å². The first-order valence-electron chi connectivity index (χ1n) is 7.13. The lowest BCUT2D eigenvalue weighted by Crippen LogP contribution is -2.53. The van der Waals surface area contributed by atoms with Crippen molar-refractivity contribution in [2.45, 2.75) is 70.6 Å². The van der Waals surface area contributed by atoms with E-state index in [1.54, 1.807) is 6.92 Å². The van der Waals surface area contributed by atoms with Gasteiger partial charge in [-0.05, 0) is 40.5 Å². The summed E-state index contributed by atoms with van der Waals surface area (Å²) in [5.74, 6) is -0.478. The zero-order valence-electron chi connectivity index (χ0n) is 12.5. The lowest BCUT2D eigenvalue weighted by molar-refractivity contribution is -0.139. The Morgan fingerprint density at radius 3 is 2.40 bits per heavy atom. The molecule has 6 nitrogen and oxygen atoms in total. The number of hydrogen-bond donors (Lipinski definition) is 2. The Morgan fingerprint density at radius 2 is 1.90 bits per heavy atom. The Morgan fingerprint density at radius 1 is 1.30 bits per heavy atom. The van der Waals surface area contributed by atoms with Crippen molar-refractivity contribution in [3.05, 3.63) is 0 Å². The molecule has 112 valence electrons. The van der Waals surface area contributed by atoms with Crippen molar-refractivity contribution >= 4 is 17.7 Å². The topological polar surface area (TPSA) is 78.5 Å². The zero-order chi connectivity index (χ0) is 15.1. The van der Waals surface area contributed by atoms with Crippen molar-refractivity contribution in [2.24, 2.45) is 0 Å². The van der Waals surface area contributed by atoms with Crippen molar-refractivity contribution in [2.75, 3.05) is 0 Å². The van der Waals surface area contributed by atoms with Gasteiger partial charge in [-0.25, -0.2) is 0 Å². The smallest absolute Gasteiger partial charge is 0.247 e. The van der Waals surface area contributed by atoms with Gasteiger partial charge in [-0.15, -0.1) is 0 Å². The van der Waals surface area contributed by atoms with Crippen LogP contribution in [-0.2, 0) is 14.4 Å². The molecular formula is C14H23N3O3. The van der Waals surface area contributed by atoms with E-state index in [0.29, 0.717) is 0 Å². The molecule has 2 unspecified atom stereocenters. The summed E-state index contributed by atoms with van der Waals surface area (Å²) in [5.41, 5.74) is -0.317. The summed E-state index contributed by atoms with van der Waals surface area (Å²) >= 11 is 0. The average molecular weight is 281 g/mol. The van der Waals surface area contributed by atoms with Crippen molar-refractivity contribution in [3.63, 3.8) is 0 Å². The number of nitrogens with zero attached hydrogens (tertiary/aromatic N) is 1. The number of rotatable bonds is 4. The summed E-state index contributed by atoms with van der Waals surface area (Å²) < 4.78 is 0. The van der Waals surface area contributed by atoms with Gasteiger partial charge >= 0.3 is 0 Å². The van der Waals surface area contributed by atoms with Crippen LogP contribution >= 0.6 is 0 Å². The highest BCUT2D eigenvalue weighted by Crippen LogP contribution is 2.31. The Kier molecular flexibility index (Phi) is 3.86. The summed E-state index contributed by atoms with van der Waals surface area (Å²) in [5, 5.41) is 5.82. The summed E-state index contributed by atoms with van der Waals surface area (Å²) in [6.45, 7) is 7.41. The molecule has 2 N–H and O–H groups in total. The predicted molar refractivity (Wildman–Crippen MR) is 73.8 cm³/mol. The van der Waals surface area contributed by atoms with Gasteiger partial charge in [-0.3, -0.25) is 24.6 Å². The van der Waals surface area contributed by atoms with Crippen molar-refractivity contribution < 1.29 is 14.4 Å². The summed E-state index contributed by atoms with van der Waals surface area (Å²) in [6.07, 6.45) is 1.97. The van der Waals surface area contributed by atoms with Crippen LogP contribution in [-0.4, -0.2) is 46.3 Å². The third-order valence-electron chi connectivity index (χ3n) is 3.44. The molecule has 20 heavy (non-hydrogen) atoms. The number of imide groups is 1. The molecular weight excluding hydrogens is 258 g/mol. The summed E-state index contributed by atoms with van der Waals surface area (Å²) in [6, 6.07) is -0.973. The molecule has 0 spiro atoms. The molecule has 0 aromatic heterocycles. The lowest BCUT2D eigenvalue weighted by atomic mass is 10.1. The molecule has 1 saturated heterocycles. The van der Waals surface area contributed by atoms with Crippen LogP contribution in [0.4, 0.5) is 0 Å². The monoisotopic (exact) mass is 281 g/mol. The van der Waals surface area contributed by atoms with E-state index in [0.717, 1.165) is 12.8 Å². The Bertz CT molecular complexity index is 437. The van der Waals surface area contributed by atoms with Crippen molar-refractivity contribution in [1.82, 2.24) is 15.5 Å². The number of nitrogens with one attached hydrogen (secondary N) is 2. The van der Waals surface area contributed by atoms with E-state index in [1.165, 1.54) is 4.90 Å². The maximum atomic E-state index is 12.2. The van der Waals surface area contributed by atoms with Gasteiger partial charge in [-0.2, -0.15) is 0 Å². The molecule has 2 rings (SSSR count). The third-order valence-corrected chi connectivity index (χ3v) is 3.44. The van der Waals surface area contributed by atoms with Gasteiger partial charge in [0.05, 0.1) is 18.5 Å². The molecule has 3 amide bonds. The van der Waals surface area contributed by atoms with Crippen LogP contribution in [0.5, 0.6) is 0 Å². The van der Waals surface area contributed by atoms with Gasteiger partial charge in [-0.1, -0.05) is 0 Å². The van der Waals surface area contributed by atoms with E-state index in [2.05, 4.69) is 10.6 Å². The normalized spacial score (nSPS) is 25.0. The number of hydrogen-bond acceptors (Lipinski definition) is 4. The quantitative estimate of drug-likeness (QED) is 0.720. The second-order valence-electron chi connectivity index (χ2n) is 6.72. The van der Waals surface area contributed by atoms with E-state index in [9.17, 15) is 14.4 Å². The molecule has 2 atom stereocenters. The Hall–Kier alpha value is -1.43. The minimum atomic E-state index is -0.566. The summed E-state index contributed by atoms with van der Waals surface area (Å²) in [7, 11) is 0. The van der Waals surface area contributed by atoms with Gasteiger partial charge < -0.3 is 5.32 Å². The van der Waals surface area contributed by atoms with Crippen molar-refractivity contribution in [1.29, 1.82) is 0 Å². The van der Waals surface area contributed by atoms with Crippen LogP contribution in [0.25, 0.3) is 0 Å². The lowest BCUT2D eigenvalue weighted by Gasteiger charge is -2.25. The highest BCUT2D eigenvalue weighted by Gasteiger charge is 2.46. The fourth-order valence-corrected chi connectivity index (χ4v) is 2.35. The number of likely N-dealkylation sites (tertiary alicyclic amines) is 1. The predicted octanol–water partition coefficient (Wildman–Crippen LogP) is 0.169. The molecule has 1 heterocycles. The molecule has 1 saturated carbocycles. The van der Waals surface area contributed by atoms with Gasteiger partial charge in [0.25, 0.3) is 0 Å². The molecule has 1 aliphatic heterocycles. The standard InChI is InChI=1S/C14H23N3O3/c1-8(12(19)16-14(2,3)4)15-10-7-11(18)17(13(10)20)9-5-6-9/h8-10,15H,5-7H2,1-4H3,(H,16,19). The minimum Gasteiger partial charge on any atom is -0.350 e. The first-order valence-corrected chi connectivity index (χ1v) is 7.13. The second kappa shape index (κ2) is 5.16. The van der Waals surface area contributed by atoms with Gasteiger partial charge in [0.1, 0.15) is 0 Å². The Labute approximate surface area is 119 Å². The SMILES string of the molecule is CC(NC1CC(=O)N(C2CC2)C1=O)C(=O)NC(C)(C)C. The van der Waals surface area contributed by atoms with Crippen LogP contribution in [0, 0.1) is 0 Å². The third kappa shape index (κ3) is 3.36. The number of carbonyl (C=O) groups is 3. The van der Waals surface area contributed by atoms with Crippen LogP contribution in [0.15, 0.2) is 0 Å². The number of carbonyl (C=O) groups excluding carboxylic acids is 3. The maximum Gasteiger partial charge on any atom is 0.247 e. The van der Waals surface area contributed by atoms with Crippen LogP contribution in [0.3, 0.4) is 0 Å². The second-order valence-corrected chi connectivity index (χ2v) is 6.72. The summed E-state index contributed by atoms with van der Waals surface area (Å²) in [4.78, 5) is 37.3. The van der Waals surface area contributed by atoms with Crippen molar-refractivity contribution in [3.8, 4) is 0 Å². The highest BCUT2D eigenvalue weighted by atomic mass is 16.2. The molecule has 0 aromatic rings. The van der Waals surface area contributed by atoms with E-state index in [-0.39, 0.29) is 35.7 Å². The molecule has 6 heteroatoms.